The molecule has 1 aliphatic carbocycles. The van der Waals surface area contributed by atoms with Gasteiger partial charge in [0.05, 0.1) is 11.1 Å². The Bertz CT molecular complexity index is 767. The fourth-order valence-corrected chi connectivity index (χ4v) is 4.48. The number of Topliss-reactive ketones (excluding diaryl/α,β-unsaturated/α-hetero) is 1. The van der Waals surface area contributed by atoms with Gasteiger partial charge >= 0.3 is 6.03 Å². The molecular weight excluding hydrogens is 376 g/mol. The summed E-state index contributed by atoms with van der Waals surface area (Å²) >= 11 is 6.07. The summed E-state index contributed by atoms with van der Waals surface area (Å²) in [6.07, 6.45) is 9.66. The number of carbonyl (C=O) groups excluding carboxylic acids is 2. The van der Waals surface area contributed by atoms with Crippen molar-refractivity contribution in [3.63, 3.8) is 0 Å². The number of nitrogens with one attached hydrogen (secondary N) is 2. The van der Waals surface area contributed by atoms with Gasteiger partial charge in [0, 0.05) is 17.7 Å². The Morgan fingerprint density at radius 3 is 2.57 bits per heavy atom. The van der Waals surface area contributed by atoms with Crippen LogP contribution in [0.25, 0.3) is 0 Å². The lowest BCUT2D eigenvalue weighted by Crippen LogP contribution is -2.45. The zero-order valence-corrected chi connectivity index (χ0v) is 17.1. The molecule has 2 amide bonds. The van der Waals surface area contributed by atoms with Gasteiger partial charge < -0.3 is 15.7 Å². The summed E-state index contributed by atoms with van der Waals surface area (Å²) in [4.78, 5) is 25.1. The van der Waals surface area contributed by atoms with Gasteiger partial charge in [0.15, 0.2) is 5.78 Å². The Morgan fingerprint density at radius 2 is 1.93 bits per heavy atom. The molecule has 152 valence electrons. The van der Waals surface area contributed by atoms with Crippen LogP contribution in [-0.4, -0.2) is 16.9 Å². The van der Waals surface area contributed by atoms with Gasteiger partial charge in [-0.1, -0.05) is 63.1 Å². The molecule has 1 aromatic rings. The molecule has 1 atom stereocenters. The highest BCUT2D eigenvalue weighted by Crippen LogP contribution is 2.35. The molecule has 2 aliphatic rings. The minimum Gasteiger partial charge on any atom is -0.506 e. The monoisotopic (exact) mass is 404 g/mol. The lowest BCUT2D eigenvalue weighted by molar-refractivity contribution is -0.115. The van der Waals surface area contributed by atoms with Gasteiger partial charge in [-0.2, -0.15) is 0 Å². The number of hydrogen-bond acceptors (Lipinski definition) is 3. The molecule has 1 saturated carbocycles. The van der Waals surface area contributed by atoms with Crippen LogP contribution in [0, 0.1) is 5.92 Å². The van der Waals surface area contributed by atoms with Crippen LogP contribution in [0.15, 0.2) is 29.5 Å². The van der Waals surface area contributed by atoms with Crippen molar-refractivity contribution < 1.29 is 14.7 Å². The maximum absolute atomic E-state index is 12.8. The van der Waals surface area contributed by atoms with Crippen LogP contribution in [0.1, 0.15) is 76.3 Å². The van der Waals surface area contributed by atoms with E-state index in [2.05, 4.69) is 10.6 Å². The number of urea groups is 1. The number of phenols is 1. The number of hydrogen-bond donors (Lipinski definition) is 3. The van der Waals surface area contributed by atoms with Crippen molar-refractivity contribution in [2.45, 2.75) is 70.8 Å². The second-order valence-electron chi connectivity index (χ2n) is 7.81. The molecule has 1 fully saturated rings. The number of allylic oxidation sites excluding steroid dienone is 1. The van der Waals surface area contributed by atoms with Crippen LogP contribution in [0.5, 0.6) is 5.75 Å². The molecule has 0 bridgehead atoms. The van der Waals surface area contributed by atoms with Crippen molar-refractivity contribution in [3.8, 4) is 5.75 Å². The lowest BCUT2D eigenvalue weighted by Gasteiger charge is -2.30. The normalized spacial score (nSPS) is 21.1. The largest absolute Gasteiger partial charge is 0.506 e. The molecule has 0 spiro atoms. The molecule has 0 radical (unpaired) electrons. The van der Waals surface area contributed by atoms with Gasteiger partial charge in [-0.3, -0.25) is 4.79 Å². The molecule has 28 heavy (non-hydrogen) atoms. The van der Waals surface area contributed by atoms with Crippen LogP contribution >= 0.6 is 11.6 Å². The molecule has 6 heteroatoms. The standard InChI is InChI=1S/C22H29ClN2O3/c1-2-18(26)20-17(11-9-14-7-5-3-4-6-8-14)24-22(28)25-21(20)15-10-12-19(27)16(23)13-15/h10,12-14,21,27H,2-9,11H2,1H3,(H2,24,25,28)/t21-/m0/s1. The quantitative estimate of drug-likeness (QED) is 0.556. The third-order valence-electron chi connectivity index (χ3n) is 5.86. The Morgan fingerprint density at radius 1 is 1.21 bits per heavy atom. The topological polar surface area (TPSA) is 78.4 Å². The highest BCUT2D eigenvalue weighted by Gasteiger charge is 2.32. The van der Waals surface area contributed by atoms with E-state index in [0.717, 1.165) is 12.1 Å². The van der Waals surface area contributed by atoms with Crippen LogP contribution in [0.2, 0.25) is 5.02 Å². The number of amides is 2. The summed E-state index contributed by atoms with van der Waals surface area (Å²) in [5, 5.41) is 15.7. The zero-order valence-electron chi connectivity index (χ0n) is 16.4. The molecule has 0 unspecified atom stereocenters. The number of ketones is 1. The zero-order chi connectivity index (χ0) is 20.1. The summed E-state index contributed by atoms with van der Waals surface area (Å²) in [6.45, 7) is 1.83. The van der Waals surface area contributed by atoms with Crippen molar-refractivity contribution in [2.24, 2.45) is 5.92 Å². The summed E-state index contributed by atoms with van der Waals surface area (Å²) in [5.41, 5.74) is 2.04. The summed E-state index contributed by atoms with van der Waals surface area (Å²) in [6, 6.07) is 3.94. The van der Waals surface area contributed by atoms with Crippen LogP contribution in [0.4, 0.5) is 4.79 Å². The van der Waals surface area contributed by atoms with Crippen LogP contribution in [-0.2, 0) is 4.79 Å². The maximum atomic E-state index is 12.8. The van der Waals surface area contributed by atoms with E-state index in [9.17, 15) is 14.7 Å². The molecular formula is C22H29ClN2O3. The minimum absolute atomic E-state index is 0.0116. The van der Waals surface area contributed by atoms with E-state index in [1.54, 1.807) is 12.1 Å². The van der Waals surface area contributed by atoms with Gasteiger partial charge in [0.2, 0.25) is 0 Å². The van der Waals surface area contributed by atoms with E-state index in [0.29, 0.717) is 29.9 Å². The Labute approximate surface area is 171 Å². The number of phenolic OH excluding ortho intramolecular Hbond substituents is 1. The summed E-state index contributed by atoms with van der Waals surface area (Å²) < 4.78 is 0. The van der Waals surface area contributed by atoms with Crippen molar-refractivity contribution >= 4 is 23.4 Å². The van der Waals surface area contributed by atoms with Crippen molar-refractivity contribution in [3.05, 3.63) is 40.1 Å². The van der Waals surface area contributed by atoms with Gasteiger partial charge in [0.25, 0.3) is 0 Å². The average molecular weight is 405 g/mol. The summed E-state index contributed by atoms with van der Waals surface area (Å²) in [7, 11) is 0. The van der Waals surface area contributed by atoms with Gasteiger partial charge in [-0.15, -0.1) is 0 Å². The fraction of sp³-hybridized carbons (Fsp3) is 0.545. The molecule has 1 aromatic carbocycles. The van der Waals surface area contributed by atoms with Crippen LogP contribution in [0.3, 0.4) is 0 Å². The van der Waals surface area contributed by atoms with E-state index in [4.69, 9.17) is 11.6 Å². The van der Waals surface area contributed by atoms with Gasteiger partial charge in [-0.25, -0.2) is 4.79 Å². The van der Waals surface area contributed by atoms with E-state index in [1.807, 2.05) is 6.92 Å². The first-order chi connectivity index (χ1) is 13.5. The summed E-state index contributed by atoms with van der Waals surface area (Å²) in [5.74, 6) is 0.644. The first kappa shape index (κ1) is 20.7. The van der Waals surface area contributed by atoms with E-state index < -0.39 is 6.04 Å². The Kier molecular flexibility index (Phi) is 7.00. The number of aromatic hydroxyl groups is 1. The second-order valence-corrected chi connectivity index (χ2v) is 8.21. The minimum atomic E-state index is -0.552. The number of benzene rings is 1. The van der Waals surface area contributed by atoms with Gasteiger partial charge in [-0.05, 0) is 36.5 Å². The lowest BCUT2D eigenvalue weighted by atomic mass is 9.87. The maximum Gasteiger partial charge on any atom is 0.319 e. The SMILES string of the molecule is CCC(=O)C1=C(CCC2CCCCCC2)NC(=O)N[C@H]1c1ccc(O)c(Cl)c1. The van der Waals surface area contributed by atoms with Gasteiger partial charge in [0.1, 0.15) is 5.75 Å². The molecule has 1 aliphatic heterocycles. The second kappa shape index (κ2) is 9.46. The van der Waals surface area contributed by atoms with Crippen molar-refractivity contribution in [2.75, 3.05) is 0 Å². The van der Waals surface area contributed by atoms with E-state index in [1.165, 1.54) is 44.6 Å². The predicted octanol–water partition coefficient (Wildman–Crippen LogP) is 5.38. The van der Waals surface area contributed by atoms with Crippen molar-refractivity contribution in [1.29, 1.82) is 0 Å². The highest BCUT2D eigenvalue weighted by atomic mass is 35.5. The molecule has 3 rings (SSSR count). The average Bonchev–Trinajstić information content (AvgIpc) is 2.96. The third-order valence-corrected chi connectivity index (χ3v) is 6.16. The van der Waals surface area contributed by atoms with Crippen molar-refractivity contribution in [1.82, 2.24) is 10.6 Å². The smallest absolute Gasteiger partial charge is 0.319 e. The molecule has 0 saturated heterocycles. The number of halogens is 1. The molecule has 0 aromatic heterocycles. The van der Waals surface area contributed by atoms with E-state index in [-0.39, 0.29) is 22.6 Å². The first-order valence-corrected chi connectivity index (χ1v) is 10.7. The van der Waals surface area contributed by atoms with Crippen LogP contribution < -0.4 is 10.6 Å². The number of rotatable bonds is 6. The molecule has 5 nitrogen and oxygen atoms in total. The number of carbonyl (C=O) groups is 2. The van der Waals surface area contributed by atoms with E-state index >= 15 is 0 Å². The highest BCUT2D eigenvalue weighted by molar-refractivity contribution is 6.32. The molecule has 3 N–H and O–H groups in total. The Balaban J connectivity index is 1.89. The third kappa shape index (κ3) is 4.88. The molecule has 1 heterocycles. The Hall–Kier alpha value is -2.01. The fourth-order valence-electron chi connectivity index (χ4n) is 4.29. The first-order valence-electron chi connectivity index (χ1n) is 10.3. The predicted molar refractivity (Wildman–Crippen MR) is 110 cm³/mol.